The summed E-state index contributed by atoms with van der Waals surface area (Å²) in [4.78, 5) is 9.45. The van der Waals surface area contributed by atoms with Gasteiger partial charge in [0.15, 0.2) is 5.82 Å². The van der Waals surface area contributed by atoms with Crippen LogP contribution in [0.2, 0.25) is 0 Å². The Labute approximate surface area is 175 Å². The number of rotatable bonds is 3. The van der Waals surface area contributed by atoms with Crippen LogP contribution in [0, 0.1) is 19.7 Å². The molecule has 0 N–H and O–H groups in total. The molecule has 0 atom stereocenters. The topological polar surface area (TPSA) is 36.7 Å². The molecule has 30 heavy (non-hydrogen) atoms. The minimum absolute atomic E-state index is 0.244. The second-order valence-corrected chi connectivity index (χ2v) is 7.81. The minimum atomic E-state index is -0.244. The van der Waals surface area contributed by atoms with E-state index in [9.17, 15) is 4.39 Å². The van der Waals surface area contributed by atoms with Gasteiger partial charge in [-0.3, -0.25) is 0 Å². The molecule has 2 aromatic carbocycles. The lowest BCUT2D eigenvalue weighted by atomic mass is 10.1. The number of aromatic nitrogens is 3. The first-order chi connectivity index (χ1) is 14.6. The number of halogens is 1. The molecule has 1 saturated heterocycles. The largest absolute Gasteiger partial charge is 0.368 e. The van der Waals surface area contributed by atoms with E-state index in [1.165, 1.54) is 28.9 Å². The van der Waals surface area contributed by atoms with Crippen molar-refractivity contribution in [1.29, 1.82) is 0 Å². The van der Waals surface area contributed by atoms with Crippen LogP contribution in [0.25, 0.3) is 16.8 Å². The Morgan fingerprint density at radius 2 is 1.63 bits per heavy atom. The molecule has 5 rings (SSSR count). The molecule has 4 aromatic rings. The summed E-state index contributed by atoms with van der Waals surface area (Å²) in [7, 11) is 0. The maximum atomic E-state index is 13.3. The van der Waals surface area contributed by atoms with E-state index in [1.54, 1.807) is 18.3 Å². The summed E-state index contributed by atoms with van der Waals surface area (Å²) in [6.45, 7) is 8.06. The van der Waals surface area contributed by atoms with Gasteiger partial charge in [-0.2, -0.15) is 5.10 Å². The molecule has 1 aliphatic rings. The van der Waals surface area contributed by atoms with Crippen LogP contribution in [-0.4, -0.2) is 40.8 Å². The maximum absolute atomic E-state index is 13.3. The lowest BCUT2D eigenvalue weighted by Crippen LogP contribution is -2.47. The smallest absolute Gasteiger partial charge is 0.154 e. The van der Waals surface area contributed by atoms with Gasteiger partial charge in [-0.25, -0.2) is 13.9 Å². The normalized spacial score (nSPS) is 14.5. The van der Waals surface area contributed by atoms with E-state index in [4.69, 9.17) is 0 Å². The third-order valence-corrected chi connectivity index (χ3v) is 6.01. The lowest BCUT2D eigenvalue weighted by molar-refractivity contribution is 0.628. The van der Waals surface area contributed by atoms with Crippen molar-refractivity contribution in [2.24, 2.45) is 0 Å². The monoisotopic (exact) mass is 401 g/mol. The average Bonchev–Trinajstić information content (AvgIpc) is 3.21. The predicted octanol–water partition coefficient (Wildman–Crippen LogP) is 4.48. The fourth-order valence-corrected chi connectivity index (χ4v) is 4.15. The quantitative estimate of drug-likeness (QED) is 0.507. The number of hydrogen-bond acceptors (Lipinski definition) is 4. The molecule has 0 amide bonds. The van der Waals surface area contributed by atoms with Gasteiger partial charge in [-0.15, -0.1) is 0 Å². The van der Waals surface area contributed by atoms with Crippen molar-refractivity contribution < 1.29 is 4.39 Å². The molecule has 2 aromatic heterocycles. The van der Waals surface area contributed by atoms with Crippen LogP contribution in [-0.2, 0) is 0 Å². The molecular formula is C24H24FN5. The van der Waals surface area contributed by atoms with Crippen LogP contribution >= 0.6 is 0 Å². The summed E-state index contributed by atoms with van der Waals surface area (Å²) in [5.74, 6) is 0.700. The number of benzene rings is 2. The van der Waals surface area contributed by atoms with Gasteiger partial charge in [0.2, 0.25) is 0 Å². The van der Waals surface area contributed by atoms with Crippen LogP contribution in [0.15, 0.2) is 60.9 Å². The van der Waals surface area contributed by atoms with Crippen molar-refractivity contribution in [3.8, 4) is 11.3 Å². The van der Waals surface area contributed by atoms with Crippen molar-refractivity contribution in [3.05, 3.63) is 77.9 Å². The fourth-order valence-electron chi connectivity index (χ4n) is 4.15. The molecule has 0 aliphatic carbocycles. The molecule has 0 saturated carbocycles. The first-order valence-corrected chi connectivity index (χ1v) is 10.3. The van der Waals surface area contributed by atoms with Gasteiger partial charge < -0.3 is 9.80 Å². The summed E-state index contributed by atoms with van der Waals surface area (Å²) in [5, 5.41) is 4.67. The Kier molecular flexibility index (Phi) is 4.62. The predicted molar refractivity (Wildman–Crippen MR) is 119 cm³/mol. The van der Waals surface area contributed by atoms with Crippen molar-refractivity contribution in [2.75, 3.05) is 36.0 Å². The summed E-state index contributed by atoms with van der Waals surface area (Å²) in [6.07, 6.45) is 3.65. The van der Waals surface area contributed by atoms with Gasteiger partial charge in [0, 0.05) is 49.8 Å². The van der Waals surface area contributed by atoms with Crippen molar-refractivity contribution in [3.63, 3.8) is 0 Å². The van der Waals surface area contributed by atoms with E-state index in [2.05, 4.69) is 51.9 Å². The van der Waals surface area contributed by atoms with E-state index in [0.717, 1.165) is 48.8 Å². The second kappa shape index (κ2) is 7.44. The summed E-state index contributed by atoms with van der Waals surface area (Å²) >= 11 is 0. The Hall–Kier alpha value is -3.41. The fraction of sp³-hybridized carbons (Fsp3) is 0.250. The molecule has 1 fully saturated rings. The van der Waals surface area contributed by atoms with Crippen molar-refractivity contribution in [2.45, 2.75) is 13.8 Å². The highest BCUT2D eigenvalue weighted by atomic mass is 19.1. The first-order valence-electron chi connectivity index (χ1n) is 10.3. The molecule has 5 nitrogen and oxygen atoms in total. The van der Waals surface area contributed by atoms with Gasteiger partial charge in [-0.1, -0.05) is 12.1 Å². The molecule has 0 unspecified atom stereocenters. The molecule has 0 spiro atoms. The molecule has 0 radical (unpaired) electrons. The number of fused-ring (bicyclic) bond motifs is 1. The zero-order valence-electron chi connectivity index (χ0n) is 17.2. The third-order valence-electron chi connectivity index (χ3n) is 6.01. The highest BCUT2D eigenvalue weighted by Gasteiger charge is 2.22. The van der Waals surface area contributed by atoms with Crippen molar-refractivity contribution >= 4 is 17.0 Å². The van der Waals surface area contributed by atoms with Crippen LogP contribution < -0.4 is 9.80 Å². The Morgan fingerprint density at radius 3 is 2.40 bits per heavy atom. The maximum Gasteiger partial charge on any atom is 0.154 e. The Bertz CT molecular complexity index is 1190. The van der Waals surface area contributed by atoms with Gasteiger partial charge in [0.1, 0.15) is 11.3 Å². The SMILES string of the molecule is Cc1cccc(N2CCN(c3nccn4nc(-c5ccc(F)cc5)cc34)CC2)c1C. The Balaban J connectivity index is 1.40. The zero-order valence-corrected chi connectivity index (χ0v) is 17.2. The van der Waals surface area contributed by atoms with Crippen LogP contribution in [0.4, 0.5) is 15.9 Å². The molecule has 152 valence electrons. The van der Waals surface area contributed by atoms with Crippen LogP contribution in [0.1, 0.15) is 11.1 Å². The lowest BCUT2D eigenvalue weighted by Gasteiger charge is -2.37. The molecular weight excluding hydrogens is 377 g/mol. The van der Waals surface area contributed by atoms with E-state index >= 15 is 0 Å². The molecule has 0 bridgehead atoms. The number of aryl methyl sites for hydroxylation is 1. The van der Waals surface area contributed by atoms with Crippen molar-refractivity contribution in [1.82, 2.24) is 14.6 Å². The standard InChI is InChI=1S/C24H24FN5/c1-17-4-3-5-22(18(17)2)28-12-14-29(15-13-28)24-23-16-21(27-30(23)11-10-26-24)19-6-8-20(25)9-7-19/h3-11,16H,12-15H2,1-2H3. The van der Waals surface area contributed by atoms with E-state index < -0.39 is 0 Å². The number of nitrogens with zero attached hydrogens (tertiary/aromatic N) is 5. The summed E-state index contributed by atoms with van der Waals surface area (Å²) in [5.41, 5.74) is 6.68. The second-order valence-electron chi connectivity index (χ2n) is 7.81. The highest BCUT2D eigenvalue weighted by molar-refractivity contribution is 5.75. The number of piperazine rings is 1. The van der Waals surface area contributed by atoms with Gasteiger partial charge in [0.25, 0.3) is 0 Å². The molecule has 6 heteroatoms. The van der Waals surface area contributed by atoms with Crippen LogP contribution in [0.3, 0.4) is 0 Å². The highest BCUT2D eigenvalue weighted by Crippen LogP contribution is 2.28. The molecule has 1 aliphatic heterocycles. The minimum Gasteiger partial charge on any atom is -0.368 e. The Morgan fingerprint density at radius 1 is 0.900 bits per heavy atom. The van der Waals surface area contributed by atoms with Gasteiger partial charge >= 0.3 is 0 Å². The zero-order chi connectivity index (χ0) is 20.7. The van der Waals surface area contributed by atoms with Gasteiger partial charge in [-0.05, 0) is 61.4 Å². The van der Waals surface area contributed by atoms with Crippen LogP contribution in [0.5, 0.6) is 0 Å². The average molecular weight is 401 g/mol. The third kappa shape index (κ3) is 3.28. The number of hydrogen-bond donors (Lipinski definition) is 0. The van der Waals surface area contributed by atoms with E-state index in [-0.39, 0.29) is 5.82 Å². The summed E-state index contributed by atoms with van der Waals surface area (Å²) < 4.78 is 15.1. The number of anilines is 2. The summed E-state index contributed by atoms with van der Waals surface area (Å²) in [6, 6.07) is 15.0. The van der Waals surface area contributed by atoms with E-state index in [0.29, 0.717) is 0 Å². The van der Waals surface area contributed by atoms with Gasteiger partial charge in [0.05, 0.1) is 5.69 Å². The van der Waals surface area contributed by atoms with E-state index in [1.807, 2.05) is 16.8 Å². The first kappa shape index (κ1) is 18.6. The molecule has 3 heterocycles.